The van der Waals surface area contributed by atoms with E-state index in [1.807, 2.05) is 36.4 Å². The fourth-order valence-electron chi connectivity index (χ4n) is 2.05. The van der Waals surface area contributed by atoms with Crippen molar-refractivity contribution in [1.82, 2.24) is 10.3 Å². The Morgan fingerprint density at radius 3 is 2.77 bits per heavy atom. The van der Waals surface area contributed by atoms with Gasteiger partial charge in [-0.15, -0.1) is 11.3 Å². The van der Waals surface area contributed by atoms with E-state index >= 15 is 0 Å². The van der Waals surface area contributed by atoms with Gasteiger partial charge in [-0.1, -0.05) is 29.8 Å². The van der Waals surface area contributed by atoms with Gasteiger partial charge in [-0.2, -0.15) is 0 Å². The van der Waals surface area contributed by atoms with Crippen LogP contribution in [-0.2, 0) is 6.54 Å². The first-order valence-electron chi connectivity index (χ1n) is 6.86. The summed E-state index contributed by atoms with van der Waals surface area (Å²) in [4.78, 5) is 5.27. The number of hydrogen-bond acceptors (Lipinski definition) is 5. The highest BCUT2D eigenvalue weighted by molar-refractivity contribution is 7.16. The maximum atomic E-state index is 10.0. The highest BCUT2D eigenvalue weighted by Gasteiger charge is 2.11. The molecule has 1 atom stereocenters. The summed E-state index contributed by atoms with van der Waals surface area (Å²) in [6.07, 6.45) is 1.06. The zero-order valence-electron chi connectivity index (χ0n) is 11.7. The molecule has 3 rings (SSSR count). The van der Waals surface area contributed by atoms with Crippen molar-refractivity contribution in [2.24, 2.45) is 0 Å². The molecule has 1 unspecified atom stereocenters. The molecule has 0 spiro atoms. The van der Waals surface area contributed by atoms with E-state index in [1.165, 1.54) is 11.3 Å². The van der Waals surface area contributed by atoms with Gasteiger partial charge < -0.3 is 14.8 Å². The number of aliphatic hydroxyl groups excluding tert-OH is 1. The first-order valence-corrected chi connectivity index (χ1v) is 8.05. The molecule has 0 saturated heterocycles. The predicted molar refractivity (Wildman–Crippen MR) is 87.9 cm³/mol. The molecule has 0 bridgehead atoms. The third-order valence-corrected chi connectivity index (χ3v) is 4.47. The highest BCUT2D eigenvalue weighted by atomic mass is 35.5. The molecular formula is C16H15ClN2O2S. The minimum atomic E-state index is -0.571. The molecule has 22 heavy (non-hydrogen) atoms. The summed E-state index contributed by atoms with van der Waals surface area (Å²) in [5.41, 5.74) is 1.75. The zero-order valence-corrected chi connectivity index (χ0v) is 13.3. The number of halogens is 1. The average Bonchev–Trinajstić information content (AvgIpc) is 3.17. The third-order valence-electron chi connectivity index (χ3n) is 3.14. The average molecular weight is 335 g/mol. The molecule has 0 aliphatic rings. The number of aliphatic hydroxyl groups is 1. The molecule has 2 aromatic heterocycles. The number of nitrogens with zero attached hydrogens (tertiary/aromatic N) is 1. The van der Waals surface area contributed by atoms with Crippen molar-refractivity contribution < 1.29 is 9.52 Å². The van der Waals surface area contributed by atoms with Gasteiger partial charge in [-0.3, -0.25) is 0 Å². The Morgan fingerprint density at radius 1 is 1.23 bits per heavy atom. The fraction of sp³-hybridized carbons (Fsp3) is 0.188. The molecule has 114 valence electrons. The quantitative estimate of drug-likeness (QED) is 0.718. The van der Waals surface area contributed by atoms with Crippen LogP contribution in [0, 0.1) is 0 Å². The number of nitrogens with one attached hydrogen (secondary N) is 1. The molecule has 0 amide bonds. The predicted octanol–water partition coefficient (Wildman–Crippen LogP) is 3.88. The molecule has 3 aromatic rings. The van der Waals surface area contributed by atoms with Crippen LogP contribution in [0.3, 0.4) is 0 Å². The number of aromatic nitrogens is 1. The Labute approximate surface area is 137 Å². The van der Waals surface area contributed by atoms with Crippen molar-refractivity contribution in [3.63, 3.8) is 0 Å². The number of thiophene rings is 1. The number of benzene rings is 1. The number of hydrogen-bond donors (Lipinski definition) is 2. The van der Waals surface area contributed by atoms with Crippen LogP contribution in [0.2, 0.25) is 4.34 Å². The van der Waals surface area contributed by atoms with Crippen LogP contribution in [0.4, 0.5) is 0 Å². The minimum Gasteiger partial charge on any atom is -0.444 e. The summed E-state index contributed by atoms with van der Waals surface area (Å²) in [6.45, 7) is 0.969. The van der Waals surface area contributed by atoms with E-state index in [4.69, 9.17) is 16.0 Å². The van der Waals surface area contributed by atoms with E-state index in [9.17, 15) is 5.11 Å². The monoisotopic (exact) mass is 334 g/mol. The van der Waals surface area contributed by atoms with E-state index in [2.05, 4.69) is 10.3 Å². The van der Waals surface area contributed by atoms with Gasteiger partial charge in [0.1, 0.15) is 12.4 Å². The lowest BCUT2D eigenvalue weighted by molar-refractivity contribution is 0.178. The van der Waals surface area contributed by atoms with Crippen LogP contribution in [0.5, 0.6) is 0 Å². The van der Waals surface area contributed by atoms with E-state index in [-0.39, 0.29) is 0 Å². The molecule has 0 aliphatic heterocycles. The molecule has 6 heteroatoms. The zero-order chi connectivity index (χ0) is 15.4. The maximum absolute atomic E-state index is 10.0. The van der Waals surface area contributed by atoms with Crippen LogP contribution < -0.4 is 5.32 Å². The van der Waals surface area contributed by atoms with Gasteiger partial charge in [0, 0.05) is 23.5 Å². The Balaban J connectivity index is 1.53. The molecule has 2 heterocycles. The number of oxazole rings is 1. The van der Waals surface area contributed by atoms with Gasteiger partial charge in [0.2, 0.25) is 5.89 Å². The Bertz CT molecular complexity index is 727. The summed E-state index contributed by atoms with van der Waals surface area (Å²) in [5.74, 6) is 0.600. The third kappa shape index (κ3) is 3.75. The second-order valence-corrected chi connectivity index (χ2v) is 6.55. The molecule has 0 radical (unpaired) electrons. The smallest absolute Gasteiger partial charge is 0.226 e. The SMILES string of the molecule is OC(CNCc1coc(-c2ccccc2)n1)c1ccc(Cl)s1. The summed E-state index contributed by atoms with van der Waals surface area (Å²) in [7, 11) is 0. The van der Waals surface area contributed by atoms with Gasteiger partial charge in [0.25, 0.3) is 0 Å². The summed E-state index contributed by atoms with van der Waals surface area (Å²) >= 11 is 7.24. The molecule has 0 fully saturated rings. The van der Waals surface area contributed by atoms with E-state index in [0.29, 0.717) is 23.3 Å². The van der Waals surface area contributed by atoms with Gasteiger partial charge in [-0.25, -0.2) is 4.98 Å². The van der Waals surface area contributed by atoms with Crippen molar-refractivity contribution in [3.05, 3.63) is 63.6 Å². The summed E-state index contributed by atoms with van der Waals surface area (Å²) in [6, 6.07) is 13.4. The second-order valence-electron chi connectivity index (χ2n) is 4.80. The van der Waals surface area contributed by atoms with Crippen LogP contribution in [0.25, 0.3) is 11.5 Å². The maximum Gasteiger partial charge on any atom is 0.226 e. The first kappa shape index (κ1) is 15.2. The van der Waals surface area contributed by atoms with Crippen LogP contribution in [0.15, 0.2) is 53.1 Å². The van der Waals surface area contributed by atoms with Gasteiger partial charge in [-0.05, 0) is 24.3 Å². The van der Waals surface area contributed by atoms with Crippen LogP contribution in [-0.4, -0.2) is 16.6 Å². The second kappa shape index (κ2) is 7.07. The topological polar surface area (TPSA) is 58.3 Å². The lowest BCUT2D eigenvalue weighted by Crippen LogP contribution is -2.20. The summed E-state index contributed by atoms with van der Waals surface area (Å²) in [5, 5.41) is 13.2. The molecule has 2 N–H and O–H groups in total. The molecule has 0 saturated carbocycles. The van der Waals surface area contributed by atoms with Crippen molar-refractivity contribution in [3.8, 4) is 11.5 Å². The van der Waals surface area contributed by atoms with Gasteiger partial charge >= 0.3 is 0 Å². The Hall–Kier alpha value is -1.66. The molecule has 0 aliphatic carbocycles. The largest absolute Gasteiger partial charge is 0.444 e. The van der Waals surface area contributed by atoms with Crippen molar-refractivity contribution >= 4 is 22.9 Å². The lowest BCUT2D eigenvalue weighted by Gasteiger charge is -2.08. The van der Waals surface area contributed by atoms with E-state index < -0.39 is 6.10 Å². The summed E-state index contributed by atoms with van der Waals surface area (Å²) < 4.78 is 6.15. The molecule has 4 nitrogen and oxygen atoms in total. The fourth-order valence-corrected chi connectivity index (χ4v) is 3.09. The highest BCUT2D eigenvalue weighted by Crippen LogP contribution is 2.26. The Morgan fingerprint density at radius 2 is 2.05 bits per heavy atom. The van der Waals surface area contributed by atoms with E-state index in [0.717, 1.165) is 16.1 Å². The number of rotatable bonds is 6. The molecule has 1 aromatic carbocycles. The first-order chi connectivity index (χ1) is 10.7. The van der Waals surface area contributed by atoms with Gasteiger partial charge in [0.15, 0.2) is 0 Å². The van der Waals surface area contributed by atoms with Crippen LogP contribution >= 0.6 is 22.9 Å². The van der Waals surface area contributed by atoms with Crippen molar-refractivity contribution in [2.75, 3.05) is 6.54 Å². The standard InChI is InChI=1S/C16H15ClN2O2S/c17-15-7-6-14(22-15)13(20)9-18-8-12-10-21-16(19-12)11-4-2-1-3-5-11/h1-7,10,13,18,20H,8-9H2. The van der Waals surface area contributed by atoms with Crippen molar-refractivity contribution in [2.45, 2.75) is 12.6 Å². The normalized spacial score (nSPS) is 12.5. The minimum absolute atomic E-state index is 0.435. The van der Waals surface area contributed by atoms with Crippen LogP contribution in [0.1, 0.15) is 16.7 Å². The van der Waals surface area contributed by atoms with Crippen molar-refractivity contribution in [1.29, 1.82) is 0 Å². The Kier molecular flexibility index (Phi) is 4.90. The molecular weight excluding hydrogens is 320 g/mol. The lowest BCUT2D eigenvalue weighted by atomic mass is 10.2. The van der Waals surface area contributed by atoms with E-state index in [1.54, 1.807) is 12.3 Å². The van der Waals surface area contributed by atoms with Gasteiger partial charge in [0.05, 0.1) is 10.0 Å².